The van der Waals surface area contributed by atoms with E-state index in [1.54, 1.807) is 6.07 Å². The number of hydrogen-bond donors (Lipinski definition) is 3. The molecule has 1 heterocycles. The quantitative estimate of drug-likeness (QED) is 0.460. The number of fused-ring (bicyclic) bond motifs is 1. The Bertz CT molecular complexity index is 555. The molecule has 94 valence electrons. The Kier molecular flexibility index (Phi) is 2.76. The van der Waals surface area contributed by atoms with Gasteiger partial charge in [0, 0.05) is 5.69 Å². The highest BCUT2D eigenvalue weighted by Gasteiger charge is 2.37. The third kappa shape index (κ3) is 1.80. The van der Waals surface area contributed by atoms with Crippen LogP contribution in [0.5, 0.6) is 0 Å². The predicted molar refractivity (Wildman–Crippen MR) is 62.7 cm³/mol. The van der Waals surface area contributed by atoms with Gasteiger partial charge >= 0.3 is 5.97 Å². The summed E-state index contributed by atoms with van der Waals surface area (Å²) < 4.78 is 0. The second-order valence-electron chi connectivity index (χ2n) is 3.95. The molecule has 0 spiro atoms. The van der Waals surface area contributed by atoms with E-state index in [1.807, 2.05) is 0 Å². The largest absolute Gasteiger partial charge is 0.480 e. The van der Waals surface area contributed by atoms with Gasteiger partial charge in [-0.3, -0.25) is 9.59 Å². The van der Waals surface area contributed by atoms with Gasteiger partial charge in [0.2, 0.25) is 5.91 Å². The lowest BCUT2D eigenvalue weighted by Gasteiger charge is -2.17. The van der Waals surface area contributed by atoms with Gasteiger partial charge < -0.3 is 16.6 Å². The molecular weight excluding hydrogens is 238 g/mol. The third-order valence-electron chi connectivity index (χ3n) is 2.69. The maximum absolute atomic E-state index is 11.8. The molecule has 2 rings (SSSR count). The van der Waals surface area contributed by atoms with Crippen molar-refractivity contribution in [3.05, 3.63) is 23.8 Å². The van der Waals surface area contributed by atoms with Crippen LogP contribution in [0.3, 0.4) is 0 Å². The number of carbonyl (C=O) groups is 3. The molecule has 0 radical (unpaired) electrons. The zero-order valence-corrected chi connectivity index (χ0v) is 9.29. The zero-order valence-electron chi connectivity index (χ0n) is 9.29. The summed E-state index contributed by atoms with van der Waals surface area (Å²) in [5.41, 5.74) is 12.2. The fourth-order valence-electron chi connectivity index (χ4n) is 1.83. The lowest BCUT2D eigenvalue weighted by atomic mass is 10.1. The number of nitrogens with zero attached hydrogens (tertiary/aromatic N) is 1. The number of hydrogen-bond acceptors (Lipinski definition) is 5. The standard InChI is InChI=1S/C11H11N3O4/c12-6-1-2-7-5(3-6)4-8(15)14(7)10(16)9(13)11(17)18/h1-3,9H,4,12-13H2,(H,17,18). The zero-order chi connectivity index (χ0) is 13.4. The summed E-state index contributed by atoms with van der Waals surface area (Å²) in [4.78, 5) is 35.0. The Hall–Kier alpha value is -2.41. The Morgan fingerprint density at radius 3 is 2.67 bits per heavy atom. The number of nitrogens with two attached hydrogens (primary N) is 2. The molecule has 7 heteroatoms. The van der Waals surface area contributed by atoms with Crippen molar-refractivity contribution in [1.82, 2.24) is 0 Å². The van der Waals surface area contributed by atoms with E-state index in [0.717, 1.165) is 4.90 Å². The van der Waals surface area contributed by atoms with Crippen molar-refractivity contribution in [2.45, 2.75) is 12.5 Å². The van der Waals surface area contributed by atoms with Crippen molar-refractivity contribution in [3.63, 3.8) is 0 Å². The normalized spacial score (nSPS) is 15.4. The molecule has 0 fully saturated rings. The highest BCUT2D eigenvalue weighted by atomic mass is 16.4. The summed E-state index contributed by atoms with van der Waals surface area (Å²) in [7, 11) is 0. The maximum atomic E-state index is 11.8. The molecule has 5 N–H and O–H groups in total. The number of carboxylic acid groups (broad SMARTS) is 1. The van der Waals surface area contributed by atoms with Crippen LogP contribution in [0.2, 0.25) is 0 Å². The fraction of sp³-hybridized carbons (Fsp3) is 0.182. The van der Waals surface area contributed by atoms with Crippen molar-refractivity contribution >= 4 is 29.2 Å². The SMILES string of the molecule is Nc1ccc2c(c1)CC(=O)N2C(=O)C(N)C(=O)O. The summed E-state index contributed by atoms with van der Waals surface area (Å²) >= 11 is 0. The number of aliphatic carboxylic acids is 1. The molecule has 0 saturated carbocycles. The minimum absolute atomic E-state index is 0.0124. The molecule has 0 aromatic heterocycles. The van der Waals surface area contributed by atoms with Gasteiger partial charge in [-0.1, -0.05) is 0 Å². The van der Waals surface area contributed by atoms with Gasteiger partial charge in [0.05, 0.1) is 12.1 Å². The monoisotopic (exact) mass is 249 g/mol. The highest BCUT2D eigenvalue weighted by Crippen LogP contribution is 2.30. The summed E-state index contributed by atoms with van der Waals surface area (Å²) in [6.07, 6.45) is 0.0124. The third-order valence-corrected chi connectivity index (χ3v) is 2.69. The Labute approximate surface area is 102 Å². The molecule has 1 atom stereocenters. The van der Waals surface area contributed by atoms with Crippen molar-refractivity contribution < 1.29 is 19.5 Å². The number of carboxylic acids is 1. The molecule has 0 bridgehead atoms. The summed E-state index contributed by atoms with van der Waals surface area (Å²) in [5, 5.41) is 8.69. The van der Waals surface area contributed by atoms with Crippen LogP contribution in [-0.4, -0.2) is 28.9 Å². The van der Waals surface area contributed by atoms with E-state index in [-0.39, 0.29) is 6.42 Å². The van der Waals surface area contributed by atoms with Crippen LogP contribution < -0.4 is 16.4 Å². The first-order chi connectivity index (χ1) is 8.41. The van der Waals surface area contributed by atoms with Crippen LogP contribution in [0, 0.1) is 0 Å². The molecule has 1 aromatic rings. The van der Waals surface area contributed by atoms with Crippen LogP contribution in [-0.2, 0) is 20.8 Å². The van der Waals surface area contributed by atoms with Gasteiger partial charge in [0.15, 0.2) is 6.04 Å². The van der Waals surface area contributed by atoms with Gasteiger partial charge in [0.1, 0.15) is 0 Å². The van der Waals surface area contributed by atoms with E-state index in [0.29, 0.717) is 16.9 Å². The topological polar surface area (TPSA) is 127 Å². The molecule has 7 nitrogen and oxygen atoms in total. The second kappa shape index (κ2) is 4.11. The number of benzene rings is 1. The highest BCUT2D eigenvalue weighted by molar-refractivity contribution is 6.24. The van der Waals surface area contributed by atoms with Crippen LogP contribution >= 0.6 is 0 Å². The van der Waals surface area contributed by atoms with E-state index >= 15 is 0 Å². The van der Waals surface area contributed by atoms with Crippen molar-refractivity contribution in [2.24, 2.45) is 5.73 Å². The number of imide groups is 1. The summed E-state index contributed by atoms with van der Waals surface area (Å²) in [6, 6.07) is 2.86. The number of rotatable bonds is 2. The number of carbonyl (C=O) groups excluding carboxylic acids is 2. The van der Waals surface area contributed by atoms with Gasteiger partial charge in [-0.2, -0.15) is 0 Å². The Balaban J connectivity index is 2.39. The molecule has 1 aliphatic rings. The molecule has 1 unspecified atom stereocenters. The minimum Gasteiger partial charge on any atom is -0.480 e. The second-order valence-corrected chi connectivity index (χ2v) is 3.95. The number of amides is 2. The fourth-order valence-corrected chi connectivity index (χ4v) is 1.83. The van der Waals surface area contributed by atoms with Crippen LogP contribution in [0.15, 0.2) is 18.2 Å². The minimum atomic E-state index is -1.75. The summed E-state index contributed by atoms with van der Waals surface area (Å²) in [6.45, 7) is 0. The molecular formula is C11H11N3O4. The van der Waals surface area contributed by atoms with Crippen LogP contribution in [0.4, 0.5) is 11.4 Å². The number of anilines is 2. The summed E-state index contributed by atoms with van der Waals surface area (Å²) in [5.74, 6) is -2.93. The van der Waals surface area contributed by atoms with E-state index in [1.165, 1.54) is 12.1 Å². The first-order valence-corrected chi connectivity index (χ1v) is 5.15. The van der Waals surface area contributed by atoms with Gasteiger partial charge in [-0.15, -0.1) is 0 Å². The first kappa shape index (κ1) is 12.1. The Morgan fingerprint density at radius 2 is 2.06 bits per heavy atom. The molecule has 0 aliphatic carbocycles. The van der Waals surface area contributed by atoms with E-state index in [2.05, 4.69) is 0 Å². The lowest BCUT2D eigenvalue weighted by molar-refractivity contribution is -0.142. The smallest absolute Gasteiger partial charge is 0.330 e. The van der Waals surface area contributed by atoms with Crippen molar-refractivity contribution in [3.8, 4) is 0 Å². The average molecular weight is 249 g/mol. The van der Waals surface area contributed by atoms with Gasteiger partial charge in [-0.25, -0.2) is 9.69 Å². The van der Waals surface area contributed by atoms with Crippen molar-refractivity contribution in [2.75, 3.05) is 10.6 Å². The first-order valence-electron chi connectivity index (χ1n) is 5.15. The Morgan fingerprint density at radius 1 is 1.39 bits per heavy atom. The molecule has 1 aromatic carbocycles. The lowest BCUT2D eigenvalue weighted by Crippen LogP contribution is -2.49. The van der Waals surface area contributed by atoms with Crippen LogP contribution in [0.1, 0.15) is 5.56 Å². The van der Waals surface area contributed by atoms with Gasteiger partial charge in [-0.05, 0) is 23.8 Å². The van der Waals surface area contributed by atoms with E-state index in [9.17, 15) is 14.4 Å². The van der Waals surface area contributed by atoms with E-state index in [4.69, 9.17) is 16.6 Å². The molecule has 18 heavy (non-hydrogen) atoms. The van der Waals surface area contributed by atoms with Crippen LogP contribution in [0.25, 0.3) is 0 Å². The maximum Gasteiger partial charge on any atom is 0.330 e. The molecule has 1 aliphatic heterocycles. The van der Waals surface area contributed by atoms with E-state index < -0.39 is 23.8 Å². The number of nitrogen functional groups attached to an aromatic ring is 1. The predicted octanol–water partition coefficient (Wildman–Crippen LogP) is -0.904. The van der Waals surface area contributed by atoms with Gasteiger partial charge in [0.25, 0.3) is 5.91 Å². The molecule has 0 saturated heterocycles. The van der Waals surface area contributed by atoms with Crippen molar-refractivity contribution in [1.29, 1.82) is 0 Å². The average Bonchev–Trinajstić information content (AvgIpc) is 2.62. The molecule has 2 amide bonds.